The molecule has 0 aliphatic heterocycles. The van der Waals surface area contributed by atoms with Gasteiger partial charge in [0.05, 0.1) is 0 Å². The molecule has 0 radical (unpaired) electrons. The van der Waals surface area contributed by atoms with Crippen molar-refractivity contribution in [2.45, 2.75) is 46.6 Å². The monoisotopic (exact) mass is 361 g/mol. The molecule has 0 unspecified atom stereocenters. The van der Waals surface area contributed by atoms with Gasteiger partial charge in [0.2, 0.25) is 0 Å². The molecule has 26 heavy (non-hydrogen) atoms. The zero-order valence-corrected chi connectivity index (χ0v) is 15.1. The van der Waals surface area contributed by atoms with Crippen LogP contribution in [0.15, 0.2) is 24.3 Å². The van der Waals surface area contributed by atoms with Crippen LogP contribution in [-0.4, -0.2) is 26.7 Å². The second-order valence-electron chi connectivity index (χ2n) is 5.99. The summed E-state index contributed by atoms with van der Waals surface area (Å²) in [6.07, 6.45) is 1.99. The van der Waals surface area contributed by atoms with Crippen molar-refractivity contribution in [2.75, 3.05) is 0 Å². The van der Waals surface area contributed by atoms with Gasteiger partial charge >= 0.3 is 11.9 Å². The third-order valence-electron chi connectivity index (χ3n) is 3.79. The minimum absolute atomic E-state index is 0.0171. The highest BCUT2D eigenvalue weighted by atomic mass is 16.5. The van der Waals surface area contributed by atoms with Crippen molar-refractivity contribution in [3.8, 4) is 23.3 Å². The molecule has 1 aromatic carbocycles. The third-order valence-corrected chi connectivity index (χ3v) is 3.79. The molecule has 2 aromatic rings. The van der Waals surface area contributed by atoms with Gasteiger partial charge in [-0.15, -0.1) is 0 Å². The van der Waals surface area contributed by atoms with E-state index in [2.05, 4.69) is 0 Å². The minimum atomic E-state index is -0.515. The number of benzene rings is 1. The quantitative estimate of drug-likeness (QED) is 0.581. The highest BCUT2D eigenvalue weighted by molar-refractivity contribution is 5.72. The predicted molar refractivity (Wildman–Crippen MR) is 94.5 cm³/mol. The fourth-order valence-corrected chi connectivity index (χ4v) is 2.61. The van der Waals surface area contributed by atoms with Crippen LogP contribution in [0, 0.1) is 0 Å². The Morgan fingerprint density at radius 3 is 2.35 bits per heavy atom. The number of rotatable bonds is 7. The van der Waals surface area contributed by atoms with E-state index in [1.54, 1.807) is 12.1 Å². The summed E-state index contributed by atoms with van der Waals surface area (Å²) in [6.45, 7) is 5.08. The molecule has 7 heteroatoms. The summed E-state index contributed by atoms with van der Waals surface area (Å²) in [4.78, 5) is 22.5. The van der Waals surface area contributed by atoms with Gasteiger partial charge in [0.15, 0.2) is 11.8 Å². The smallest absolute Gasteiger partial charge is 0.308 e. The lowest BCUT2D eigenvalue weighted by Crippen LogP contribution is -2.06. The first-order valence-corrected chi connectivity index (χ1v) is 8.41. The van der Waals surface area contributed by atoms with Crippen molar-refractivity contribution in [3.63, 3.8) is 0 Å². The Morgan fingerprint density at radius 2 is 1.73 bits per heavy atom. The summed E-state index contributed by atoms with van der Waals surface area (Å²) in [6, 6.07) is 6.16. The molecule has 0 spiro atoms. The van der Waals surface area contributed by atoms with Crippen molar-refractivity contribution >= 4 is 11.9 Å². The zero-order valence-electron chi connectivity index (χ0n) is 15.1. The molecule has 0 saturated carbocycles. The molecule has 1 aromatic heterocycles. The standard InChI is InChI=1S/C19H23NO6/c1-4-5-8-20-18(23)10-15(19(20)24)9-14-6-7-16(25-12(2)21)11-17(14)26-13(3)22/h6-7,10-11,23-24H,4-5,8-9H2,1-3H3. The van der Waals surface area contributed by atoms with Crippen LogP contribution in [0.5, 0.6) is 23.3 Å². The Labute approximate surface area is 151 Å². The first-order valence-electron chi connectivity index (χ1n) is 8.41. The summed E-state index contributed by atoms with van der Waals surface area (Å²) in [7, 11) is 0. The number of carbonyl (C=O) groups excluding carboxylic acids is 2. The highest BCUT2D eigenvalue weighted by Gasteiger charge is 2.17. The molecule has 1 heterocycles. The maximum absolute atomic E-state index is 11.4. The second kappa shape index (κ2) is 8.42. The van der Waals surface area contributed by atoms with Crippen molar-refractivity contribution in [1.82, 2.24) is 4.57 Å². The summed E-state index contributed by atoms with van der Waals surface area (Å²) >= 11 is 0. The Morgan fingerprint density at radius 1 is 1.04 bits per heavy atom. The van der Waals surface area contributed by atoms with Crippen molar-refractivity contribution in [3.05, 3.63) is 35.4 Å². The molecule has 0 amide bonds. The van der Waals surface area contributed by atoms with E-state index in [1.165, 1.54) is 30.5 Å². The number of esters is 2. The molecule has 0 saturated heterocycles. The largest absolute Gasteiger partial charge is 0.494 e. The lowest BCUT2D eigenvalue weighted by molar-refractivity contribution is -0.132. The van der Waals surface area contributed by atoms with E-state index in [0.717, 1.165) is 12.8 Å². The summed E-state index contributed by atoms with van der Waals surface area (Å²) < 4.78 is 11.7. The van der Waals surface area contributed by atoms with Gasteiger partial charge in [0.25, 0.3) is 0 Å². The van der Waals surface area contributed by atoms with E-state index < -0.39 is 11.9 Å². The Balaban J connectivity index is 2.33. The van der Waals surface area contributed by atoms with Gasteiger partial charge in [-0.25, -0.2) is 0 Å². The molecule has 7 nitrogen and oxygen atoms in total. The van der Waals surface area contributed by atoms with Gasteiger partial charge in [0, 0.05) is 44.5 Å². The van der Waals surface area contributed by atoms with Crippen LogP contribution in [0.25, 0.3) is 0 Å². The first kappa shape index (κ1) is 19.4. The maximum atomic E-state index is 11.4. The van der Waals surface area contributed by atoms with Crippen LogP contribution in [0.2, 0.25) is 0 Å². The number of aromatic nitrogens is 1. The predicted octanol–water partition coefficient (Wildman–Crippen LogP) is 3.14. The van der Waals surface area contributed by atoms with E-state index in [-0.39, 0.29) is 29.7 Å². The molecular weight excluding hydrogens is 338 g/mol. The van der Waals surface area contributed by atoms with E-state index in [9.17, 15) is 19.8 Å². The number of unbranched alkanes of at least 4 members (excludes halogenated alkanes) is 1. The van der Waals surface area contributed by atoms with E-state index >= 15 is 0 Å². The minimum Gasteiger partial charge on any atom is -0.494 e. The molecule has 0 aliphatic carbocycles. The van der Waals surface area contributed by atoms with Gasteiger partial charge < -0.3 is 19.7 Å². The van der Waals surface area contributed by atoms with Gasteiger partial charge in [-0.2, -0.15) is 0 Å². The van der Waals surface area contributed by atoms with Crippen molar-refractivity contribution in [2.24, 2.45) is 0 Å². The van der Waals surface area contributed by atoms with Crippen LogP contribution in [0.1, 0.15) is 44.7 Å². The molecule has 140 valence electrons. The average molecular weight is 361 g/mol. The fraction of sp³-hybridized carbons (Fsp3) is 0.368. The number of hydrogen-bond acceptors (Lipinski definition) is 6. The van der Waals surface area contributed by atoms with E-state index in [1.807, 2.05) is 6.92 Å². The SMILES string of the molecule is CCCCn1c(O)cc(Cc2ccc(OC(C)=O)cc2OC(C)=O)c1O. The van der Waals surface area contributed by atoms with Gasteiger partial charge in [-0.3, -0.25) is 14.2 Å². The zero-order chi connectivity index (χ0) is 19.3. The lowest BCUT2D eigenvalue weighted by atomic mass is 10.1. The molecule has 0 fully saturated rings. The van der Waals surface area contributed by atoms with Crippen molar-refractivity contribution in [1.29, 1.82) is 0 Å². The highest BCUT2D eigenvalue weighted by Crippen LogP contribution is 2.33. The van der Waals surface area contributed by atoms with E-state index in [0.29, 0.717) is 17.7 Å². The molecule has 2 N–H and O–H groups in total. The maximum Gasteiger partial charge on any atom is 0.308 e. The number of ether oxygens (including phenoxy) is 2. The first-order chi connectivity index (χ1) is 12.3. The second-order valence-corrected chi connectivity index (χ2v) is 5.99. The Kier molecular flexibility index (Phi) is 6.27. The fourth-order valence-electron chi connectivity index (χ4n) is 2.61. The van der Waals surface area contributed by atoms with Crippen LogP contribution >= 0.6 is 0 Å². The Bertz CT molecular complexity index is 809. The number of nitrogens with zero attached hydrogens (tertiary/aromatic N) is 1. The average Bonchev–Trinajstić information content (AvgIpc) is 2.81. The molecule has 2 rings (SSSR count). The van der Waals surface area contributed by atoms with Gasteiger partial charge in [-0.1, -0.05) is 19.4 Å². The van der Waals surface area contributed by atoms with Crippen molar-refractivity contribution < 1.29 is 29.3 Å². The Hall–Kier alpha value is -2.96. The van der Waals surface area contributed by atoms with Gasteiger partial charge in [-0.05, 0) is 18.1 Å². The molecule has 0 aliphatic rings. The number of aromatic hydroxyl groups is 2. The number of hydrogen-bond donors (Lipinski definition) is 2. The normalized spacial score (nSPS) is 10.6. The molecule has 0 atom stereocenters. The van der Waals surface area contributed by atoms with E-state index in [4.69, 9.17) is 9.47 Å². The van der Waals surface area contributed by atoms with Crippen LogP contribution in [0.4, 0.5) is 0 Å². The van der Waals surface area contributed by atoms with Crippen LogP contribution in [0.3, 0.4) is 0 Å². The molecular formula is C19H23NO6. The summed E-state index contributed by atoms with van der Waals surface area (Å²) in [5.74, 6) is -0.548. The van der Waals surface area contributed by atoms with Crippen LogP contribution in [-0.2, 0) is 22.6 Å². The van der Waals surface area contributed by atoms with Crippen LogP contribution < -0.4 is 9.47 Å². The number of carbonyl (C=O) groups is 2. The lowest BCUT2D eigenvalue weighted by Gasteiger charge is -2.11. The topological polar surface area (TPSA) is 98.0 Å². The summed E-state index contributed by atoms with van der Waals surface area (Å²) in [5, 5.41) is 20.4. The summed E-state index contributed by atoms with van der Waals surface area (Å²) in [5.41, 5.74) is 1.12. The molecule has 0 bridgehead atoms. The van der Waals surface area contributed by atoms with Gasteiger partial charge in [0.1, 0.15) is 11.5 Å². The third kappa shape index (κ3) is 4.78.